The molecule has 4 heteroatoms. The second-order valence-corrected chi connectivity index (χ2v) is 4.96. The van der Waals surface area contributed by atoms with Gasteiger partial charge in [-0.05, 0) is 48.7 Å². The van der Waals surface area contributed by atoms with Gasteiger partial charge in [0, 0.05) is 5.69 Å². The maximum absolute atomic E-state index is 11.9. The number of ether oxygens (including phenoxy) is 1. The van der Waals surface area contributed by atoms with Crippen LogP contribution in [0.25, 0.3) is 0 Å². The van der Waals surface area contributed by atoms with E-state index in [4.69, 9.17) is 9.84 Å². The maximum Gasteiger partial charge on any atom is 0.262 e. The standard InChI is InChI=1S/C17H19NO3/c1-12-6-7-13(2)16(8-12)21-11-17(20)18-15-5-3-4-14(9-15)10-19/h3-9,19H,10-11H2,1-2H3,(H,18,20). The lowest BCUT2D eigenvalue weighted by Crippen LogP contribution is -2.20. The van der Waals surface area contributed by atoms with E-state index in [1.54, 1.807) is 24.3 Å². The van der Waals surface area contributed by atoms with E-state index < -0.39 is 0 Å². The van der Waals surface area contributed by atoms with Gasteiger partial charge in [0.15, 0.2) is 6.61 Å². The van der Waals surface area contributed by atoms with E-state index in [0.29, 0.717) is 11.4 Å². The summed E-state index contributed by atoms with van der Waals surface area (Å²) in [4.78, 5) is 11.9. The fourth-order valence-electron chi connectivity index (χ4n) is 1.95. The molecule has 2 N–H and O–H groups in total. The summed E-state index contributed by atoms with van der Waals surface area (Å²) >= 11 is 0. The quantitative estimate of drug-likeness (QED) is 0.888. The predicted octanol–water partition coefficient (Wildman–Crippen LogP) is 2.81. The number of aliphatic hydroxyl groups excluding tert-OH is 1. The molecule has 0 spiro atoms. The lowest BCUT2D eigenvalue weighted by atomic mass is 10.1. The molecule has 0 aromatic heterocycles. The Hall–Kier alpha value is -2.33. The third kappa shape index (κ3) is 4.33. The Bertz CT molecular complexity index is 638. The largest absolute Gasteiger partial charge is 0.483 e. The van der Waals surface area contributed by atoms with E-state index in [9.17, 15) is 4.79 Å². The first-order chi connectivity index (χ1) is 10.1. The smallest absolute Gasteiger partial charge is 0.262 e. The first-order valence-corrected chi connectivity index (χ1v) is 6.78. The van der Waals surface area contributed by atoms with Crippen molar-refractivity contribution in [2.75, 3.05) is 11.9 Å². The van der Waals surface area contributed by atoms with Crippen molar-refractivity contribution in [3.63, 3.8) is 0 Å². The number of anilines is 1. The highest BCUT2D eigenvalue weighted by Crippen LogP contribution is 2.19. The Morgan fingerprint density at radius 3 is 2.76 bits per heavy atom. The topological polar surface area (TPSA) is 58.6 Å². The number of carbonyl (C=O) groups is 1. The molecule has 0 radical (unpaired) electrons. The molecule has 0 atom stereocenters. The van der Waals surface area contributed by atoms with Crippen LogP contribution in [0.4, 0.5) is 5.69 Å². The number of benzene rings is 2. The number of nitrogens with one attached hydrogen (secondary N) is 1. The van der Waals surface area contributed by atoms with E-state index in [-0.39, 0.29) is 19.1 Å². The molecule has 0 aliphatic heterocycles. The summed E-state index contributed by atoms with van der Waals surface area (Å²) in [7, 11) is 0. The number of hydrogen-bond donors (Lipinski definition) is 2. The Morgan fingerprint density at radius 1 is 1.19 bits per heavy atom. The molecule has 0 saturated heterocycles. The van der Waals surface area contributed by atoms with Crippen LogP contribution >= 0.6 is 0 Å². The summed E-state index contributed by atoms with van der Waals surface area (Å²) < 4.78 is 5.55. The summed E-state index contributed by atoms with van der Waals surface area (Å²) in [5.74, 6) is 0.486. The normalized spacial score (nSPS) is 10.2. The van der Waals surface area contributed by atoms with Gasteiger partial charge in [0.1, 0.15) is 5.75 Å². The summed E-state index contributed by atoms with van der Waals surface area (Å²) in [5.41, 5.74) is 3.49. The lowest BCUT2D eigenvalue weighted by molar-refractivity contribution is -0.118. The number of hydrogen-bond acceptors (Lipinski definition) is 3. The van der Waals surface area contributed by atoms with Gasteiger partial charge in [-0.3, -0.25) is 4.79 Å². The molecule has 2 aromatic carbocycles. The lowest BCUT2D eigenvalue weighted by Gasteiger charge is -2.10. The van der Waals surface area contributed by atoms with Gasteiger partial charge in [-0.15, -0.1) is 0 Å². The van der Waals surface area contributed by atoms with E-state index in [1.165, 1.54) is 0 Å². The summed E-state index contributed by atoms with van der Waals surface area (Å²) in [5, 5.41) is 11.8. The fourth-order valence-corrected chi connectivity index (χ4v) is 1.95. The van der Waals surface area contributed by atoms with Crippen LogP contribution < -0.4 is 10.1 Å². The van der Waals surface area contributed by atoms with Gasteiger partial charge < -0.3 is 15.2 Å². The van der Waals surface area contributed by atoms with Gasteiger partial charge in [0.05, 0.1) is 6.61 Å². The van der Waals surface area contributed by atoms with Crippen LogP contribution in [0.5, 0.6) is 5.75 Å². The Labute approximate surface area is 124 Å². The molecular weight excluding hydrogens is 266 g/mol. The van der Waals surface area contributed by atoms with Gasteiger partial charge in [-0.2, -0.15) is 0 Å². The first-order valence-electron chi connectivity index (χ1n) is 6.78. The van der Waals surface area contributed by atoms with Crippen molar-refractivity contribution in [3.05, 3.63) is 59.2 Å². The minimum absolute atomic E-state index is 0.0480. The second kappa shape index (κ2) is 6.90. The minimum Gasteiger partial charge on any atom is -0.483 e. The van der Waals surface area contributed by atoms with Crippen molar-refractivity contribution in [3.8, 4) is 5.75 Å². The molecule has 1 amide bonds. The highest BCUT2D eigenvalue weighted by atomic mass is 16.5. The van der Waals surface area contributed by atoms with Gasteiger partial charge in [-0.1, -0.05) is 24.3 Å². The molecule has 2 rings (SSSR count). The van der Waals surface area contributed by atoms with Crippen molar-refractivity contribution in [2.24, 2.45) is 0 Å². The van der Waals surface area contributed by atoms with Crippen LogP contribution in [0.3, 0.4) is 0 Å². The monoisotopic (exact) mass is 285 g/mol. The van der Waals surface area contributed by atoms with E-state index in [0.717, 1.165) is 16.7 Å². The molecule has 4 nitrogen and oxygen atoms in total. The zero-order valence-corrected chi connectivity index (χ0v) is 12.2. The number of rotatable bonds is 5. The molecule has 0 saturated carbocycles. The summed E-state index contributed by atoms with van der Waals surface area (Å²) in [6.45, 7) is 3.82. The van der Waals surface area contributed by atoms with Crippen LogP contribution in [-0.2, 0) is 11.4 Å². The number of aliphatic hydroxyl groups is 1. The molecule has 0 heterocycles. The van der Waals surface area contributed by atoms with Gasteiger partial charge >= 0.3 is 0 Å². The Morgan fingerprint density at radius 2 is 2.00 bits per heavy atom. The summed E-state index contributed by atoms with van der Waals surface area (Å²) in [6, 6.07) is 13.0. The van der Waals surface area contributed by atoms with Crippen molar-refractivity contribution in [1.29, 1.82) is 0 Å². The van der Waals surface area contributed by atoms with E-state index in [1.807, 2.05) is 32.0 Å². The molecular formula is C17H19NO3. The average molecular weight is 285 g/mol. The van der Waals surface area contributed by atoms with E-state index in [2.05, 4.69) is 5.32 Å². The SMILES string of the molecule is Cc1ccc(C)c(OCC(=O)Nc2cccc(CO)c2)c1. The zero-order chi connectivity index (χ0) is 15.2. The summed E-state index contributed by atoms with van der Waals surface area (Å²) in [6.07, 6.45) is 0. The predicted molar refractivity (Wildman–Crippen MR) is 82.4 cm³/mol. The van der Waals surface area contributed by atoms with Crippen molar-refractivity contribution < 1.29 is 14.6 Å². The third-order valence-corrected chi connectivity index (χ3v) is 3.10. The Kier molecular flexibility index (Phi) is 4.95. The van der Waals surface area contributed by atoms with Crippen molar-refractivity contribution >= 4 is 11.6 Å². The zero-order valence-electron chi connectivity index (χ0n) is 12.2. The van der Waals surface area contributed by atoms with Crippen LogP contribution in [0.1, 0.15) is 16.7 Å². The Balaban J connectivity index is 1.94. The molecule has 0 unspecified atom stereocenters. The van der Waals surface area contributed by atoms with Crippen LogP contribution in [0, 0.1) is 13.8 Å². The third-order valence-electron chi connectivity index (χ3n) is 3.10. The highest BCUT2D eigenvalue weighted by Gasteiger charge is 2.06. The van der Waals surface area contributed by atoms with Gasteiger partial charge in [0.25, 0.3) is 5.91 Å². The molecule has 110 valence electrons. The van der Waals surface area contributed by atoms with Gasteiger partial charge in [0.2, 0.25) is 0 Å². The number of carbonyl (C=O) groups excluding carboxylic acids is 1. The van der Waals surface area contributed by atoms with Crippen LogP contribution in [0.15, 0.2) is 42.5 Å². The molecule has 2 aromatic rings. The number of aryl methyl sites for hydroxylation is 2. The van der Waals surface area contributed by atoms with Crippen molar-refractivity contribution in [1.82, 2.24) is 0 Å². The van der Waals surface area contributed by atoms with E-state index >= 15 is 0 Å². The fraction of sp³-hybridized carbons (Fsp3) is 0.235. The van der Waals surface area contributed by atoms with Gasteiger partial charge in [-0.25, -0.2) is 0 Å². The van der Waals surface area contributed by atoms with Crippen LogP contribution in [-0.4, -0.2) is 17.6 Å². The van der Waals surface area contributed by atoms with Crippen molar-refractivity contribution in [2.45, 2.75) is 20.5 Å². The maximum atomic E-state index is 11.9. The second-order valence-electron chi connectivity index (χ2n) is 4.96. The average Bonchev–Trinajstić information content (AvgIpc) is 2.48. The number of amides is 1. The highest BCUT2D eigenvalue weighted by molar-refractivity contribution is 5.91. The molecule has 0 aliphatic rings. The minimum atomic E-state index is -0.231. The molecule has 21 heavy (non-hydrogen) atoms. The molecule has 0 bridgehead atoms. The molecule has 0 aliphatic carbocycles. The first kappa shape index (κ1) is 15.1. The van der Waals surface area contributed by atoms with Crippen LogP contribution in [0.2, 0.25) is 0 Å². The molecule has 0 fully saturated rings.